The van der Waals surface area contributed by atoms with E-state index in [9.17, 15) is 4.79 Å². The van der Waals surface area contributed by atoms with Gasteiger partial charge < -0.3 is 4.74 Å². The highest BCUT2D eigenvalue weighted by Gasteiger charge is 2.11. The number of anilines is 1. The molecule has 2 aromatic rings. The third-order valence-corrected chi connectivity index (χ3v) is 3.15. The fraction of sp³-hybridized carbons (Fsp3) is 0.312. The zero-order valence-corrected chi connectivity index (χ0v) is 12.5. The minimum atomic E-state index is -0.170. The number of hydrogen-bond donors (Lipinski definition) is 1. The monoisotopic (exact) mass is 285 g/mol. The molecule has 5 nitrogen and oxygen atoms in total. The maximum Gasteiger partial charge on any atom is 0.231 e. The van der Waals surface area contributed by atoms with Crippen LogP contribution in [0.5, 0.6) is 5.75 Å². The van der Waals surface area contributed by atoms with Crippen LogP contribution >= 0.6 is 0 Å². The van der Waals surface area contributed by atoms with E-state index >= 15 is 0 Å². The number of nitrogens with zero attached hydrogens (tertiary/aromatic N) is 2. The van der Waals surface area contributed by atoms with Crippen molar-refractivity contribution in [1.82, 2.24) is 9.97 Å². The maximum atomic E-state index is 12.0. The Morgan fingerprint density at radius 1 is 1.29 bits per heavy atom. The summed E-state index contributed by atoms with van der Waals surface area (Å²) in [6, 6.07) is 7.63. The van der Waals surface area contributed by atoms with Crippen LogP contribution in [-0.4, -0.2) is 23.0 Å². The van der Waals surface area contributed by atoms with Gasteiger partial charge >= 0.3 is 0 Å². The number of carbonyl (C=O) groups excluding carboxylic acids is 1. The molecule has 0 fully saturated rings. The third kappa shape index (κ3) is 4.02. The van der Waals surface area contributed by atoms with Gasteiger partial charge in [0.25, 0.3) is 0 Å². The number of amides is 1. The second kappa shape index (κ2) is 6.83. The van der Waals surface area contributed by atoms with E-state index in [0.717, 1.165) is 11.3 Å². The van der Waals surface area contributed by atoms with Crippen molar-refractivity contribution in [3.63, 3.8) is 0 Å². The third-order valence-electron chi connectivity index (χ3n) is 3.15. The van der Waals surface area contributed by atoms with E-state index in [0.29, 0.717) is 11.9 Å². The quantitative estimate of drug-likeness (QED) is 0.917. The average molecular weight is 285 g/mol. The lowest BCUT2D eigenvalue weighted by atomic mass is 9.99. The summed E-state index contributed by atoms with van der Waals surface area (Å²) in [5.41, 5.74) is 2.03. The van der Waals surface area contributed by atoms with Gasteiger partial charge in [0.2, 0.25) is 11.9 Å². The van der Waals surface area contributed by atoms with Crippen LogP contribution in [0.15, 0.2) is 36.7 Å². The van der Waals surface area contributed by atoms with Crippen molar-refractivity contribution < 1.29 is 9.53 Å². The lowest BCUT2D eigenvalue weighted by molar-refractivity contribution is -0.115. The molecule has 0 radical (unpaired) electrons. The number of hydrogen-bond acceptors (Lipinski definition) is 4. The lowest BCUT2D eigenvalue weighted by Gasteiger charge is -2.12. The van der Waals surface area contributed by atoms with Crippen LogP contribution < -0.4 is 10.1 Å². The first-order valence-corrected chi connectivity index (χ1v) is 6.84. The van der Waals surface area contributed by atoms with Crippen LogP contribution in [0.1, 0.15) is 30.9 Å². The number of ether oxygens (including phenoxy) is 1. The van der Waals surface area contributed by atoms with E-state index in [1.807, 2.05) is 18.2 Å². The molecule has 2 rings (SSSR count). The van der Waals surface area contributed by atoms with Gasteiger partial charge in [-0.15, -0.1) is 0 Å². The Labute approximate surface area is 124 Å². The Bertz CT molecular complexity index is 612. The van der Waals surface area contributed by atoms with Gasteiger partial charge in [-0.05, 0) is 23.6 Å². The number of benzene rings is 1. The summed E-state index contributed by atoms with van der Waals surface area (Å²) in [5, 5.41) is 2.66. The van der Waals surface area contributed by atoms with Crippen LogP contribution in [-0.2, 0) is 11.2 Å². The standard InChI is InChI=1S/C16H19N3O2/c1-11(2)12-5-6-13(14(9-12)21-3)10-15(20)19-16-17-7-4-8-18-16/h4-9,11H,10H2,1-3H3,(H,17,18,19,20). The first-order chi connectivity index (χ1) is 10.1. The van der Waals surface area contributed by atoms with E-state index in [4.69, 9.17) is 4.74 Å². The van der Waals surface area contributed by atoms with Crippen molar-refractivity contribution >= 4 is 11.9 Å². The van der Waals surface area contributed by atoms with Crippen LogP contribution in [0.3, 0.4) is 0 Å². The molecule has 1 aromatic carbocycles. The summed E-state index contributed by atoms with van der Waals surface area (Å²) >= 11 is 0. The zero-order valence-electron chi connectivity index (χ0n) is 12.5. The van der Waals surface area contributed by atoms with Crippen molar-refractivity contribution in [2.45, 2.75) is 26.2 Å². The van der Waals surface area contributed by atoms with Crippen molar-refractivity contribution in [1.29, 1.82) is 0 Å². The van der Waals surface area contributed by atoms with Gasteiger partial charge in [-0.2, -0.15) is 0 Å². The van der Waals surface area contributed by atoms with Crippen LogP contribution in [0.4, 0.5) is 5.95 Å². The van der Waals surface area contributed by atoms with Crippen LogP contribution in [0.25, 0.3) is 0 Å². The number of carbonyl (C=O) groups is 1. The average Bonchev–Trinajstić information content (AvgIpc) is 2.48. The molecule has 1 heterocycles. The lowest BCUT2D eigenvalue weighted by Crippen LogP contribution is -2.16. The normalized spacial score (nSPS) is 10.5. The molecule has 0 bridgehead atoms. The molecule has 110 valence electrons. The number of methoxy groups -OCH3 is 1. The van der Waals surface area contributed by atoms with E-state index in [1.54, 1.807) is 25.6 Å². The van der Waals surface area contributed by atoms with E-state index in [-0.39, 0.29) is 12.3 Å². The van der Waals surface area contributed by atoms with Crippen molar-refractivity contribution in [3.05, 3.63) is 47.8 Å². The Morgan fingerprint density at radius 2 is 2.00 bits per heavy atom. The van der Waals surface area contributed by atoms with E-state index in [2.05, 4.69) is 29.1 Å². The Hall–Kier alpha value is -2.43. The molecule has 0 aliphatic carbocycles. The zero-order chi connectivity index (χ0) is 15.2. The van der Waals surface area contributed by atoms with Gasteiger partial charge in [0.05, 0.1) is 13.5 Å². The summed E-state index contributed by atoms with van der Waals surface area (Å²) in [4.78, 5) is 20.0. The molecule has 0 aliphatic rings. The van der Waals surface area contributed by atoms with Gasteiger partial charge in [0, 0.05) is 18.0 Å². The highest BCUT2D eigenvalue weighted by atomic mass is 16.5. The van der Waals surface area contributed by atoms with Gasteiger partial charge in [-0.3, -0.25) is 10.1 Å². The number of rotatable bonds is 5. The van der Waals surface area contributed by atoms with Crippen LogP contribution in [0.2, 0.25) is 0 Å². The Kier molecular flexibility index (Phi) is 4.87. The smallest absolute Gasteiger partial charge is 0.231 e. The second-order valence-corrected chi connectivity index (χ2v) is 5.02. The highest BCUT2D eigenvalue weighted by Crippen LogP contribution is 2.25. The van der Waals surface area contributed by atoms with Crippen LogP contribution in [0, 0.1) is 0 Å². The number of nitrogens with one attached hydrogen (secondary N) is 1. The molecule has 0 unspecified atom stereocenters. The second-order valence-electron chi connectivity index (χ2n) is 5.02. The van der Waals surface area contributed by atoms with Crippen molar-refractivity contribution in [3.8, 4) is 5.75 Å². The fourth-order valence-electron chi connectivity index (χ4n) is 1.97. The first kappa shape index (κ1) is 15.0. The SMILES string of the molecule is COc1cc(C(C)C)ccc1CC(=O)Nc1ncccn1. The first-order valence-electron chi connectivity index (χ1n) is 6.84. The minimum Gasteiger partial charge on any atom is -0.496 e. The Morgan fingerprint density at radius 3 is 2.62 bits per heavy atom. The largest absolute Gasteiger partial charge is 0.496 e. The van der Waals surface area contributed by atoms with Gasteiger partial charge in [0.1, 0.15) is 5.75 Å². The predicted octanol–water partition coefficient (Wildman–Crippen LogP) is 2.79. The molecule has 0 saturated heterocycles. The van der Waals surface area contributed by atoms with E-state index in [1.165, 1.54) is 5.56 Å². The summed E-state index contributed by atoms with van der Waals surface area (Å²) in [5.74, 6) is 1.28. The van der Waals surface area contributed by atoms with Gasteiger partial charge in [-0.25, -0.2) is 9.97 Å². The van der Waals surface area contributed by atoms with Gasteiger partial charge in [-0.1, -0.05) is 26.0 Å². The predicted molar refractivity (Wildman–Crippen MR) is 81.4 cm³/mol. The van der Waals surface area contributed by atoms with Crippen molar-refractivity contribution in [2.24, 2.45) is 0 Å². The molecule has 1 amide bonds. The summed E-state index contributed by atoms with van der Waals surface area (Å²) in [6.45, 7) is 4.24. The van der Waals surface area contributed by atoms with Crippen molar-refractivity contribution in [2.75, 3.05) is 12.4 Å². The molecule has 21 heavy (non-hydrogen) atoms. The summed E-state index contributed by atoms with van der Waals surface area (Å²) in [7, 11) is 1.61. The molecule has 5 heteroatoms. The molecular formula is C16H19N3O2. The molecular weight excluding hydrogens is 266 g/mol. The molecule has 0 spiro atoms. The minimum absolute atomic E-state index is 0.170. The highest BCUT2D eigenvalue weighted by molar-refractivity contribution is 5.91. The summed E-state index contributed by atoms with van der Waals surface area (Å²) in [6.07, 6.45) is 3.39. The molecule has 0 saturated carbocycles. The van der Waals surface area contributed by atoms with E-state index < -0.39 is 0 Å². The topological polar surface area (TPSA) is 64.1 Å². The Balaban J connectivity index is 2.10. The molecule has 0 aliphatic heterocycles. The fourth-order valence-corrected chi connectivity index (χ4v) is 1.97. The summed E-state index contributed by atoms with van der Waals surface area (Å²) < 4.78 is 5.38. The molecule has 1 aromatic heterocycles. The number of aromatic nitrogens is 2. The maximum absolute atomic E-state index is 12.0. The molecule has 1 N–H and O–H groups in total. The molecule has 0 atom stereocenters. The van der Waals surface area contributed by atoms with Gasteiger partial charge in [0.15, 0.2) is 0 Å².